The Labute approximate surface area is 142 Å². The minimum Gasteiger partial charge on any atom is -0.465 e. The van der Waals surface area contributed by atoms with Crippen LogP contribution in [0.3, 0.4) is 0 Å². The molecule has 0 bridgehead atoms. The zero-order valence-corrected chi connectivity index (χ0v) is 14.7. The maximum absolute atomic E-state index is 12.6. The van der Waals surface area contributed by atoms with E-state index in [1.165, 1.54) is 0 Å². The summed E-state index contributed by atoms with van der Waals surface area (Å²) in [6, 6.07) is 13.3. The van der Waals surface area contributed by atoms with Gasteiger partial charge < -0.3 is 9.73 Å². The topological polar surface area (TPSA) is 42.2 Å². The van der Waals surface area contributed by atoms with Gasteiger partial charge in [0, 0.05) is 17.0 Å². The molecule has 122 valence electrons. The number of amides is 1. The average molecular weight is 329 g/mol. The molecule has 0 aliphatic carbocycles. The Hall–Kier alpha value is -1.94. The maximum Gasteiger partial charge on any atom is 0.252 e. The SMILES string of the molecule is CC(C)(C)SCCNC(=O)/C(=C/c1ccco1)c1ccccc1. The molecule has 0 saturated carbocycles. The average Bonchev–Trinajstić information content (AvgIpc) is 3.02. The standard InChI is InChI=1S/C19H23NO2S/c1-19(2,3)23-13-11-20-18(21)17(14-16-10-7-12-22-16)15-8-5-4-6-9-15/h4-10,12,14H,11,13H2,1-3H3,(H,20,21)/b17-14+. The van der Waals surface area contributed by atoms with E-state index in [1.807, 2.05) is 54.2 Å². The lowest BCUT2D eigenvalue weighted by atomic mass is 10.0. The molecule has 1 N–H and O–H groups in total. The first-order valence-electron chi connectivity index (χ1n) is 7.68. The van der Waals surface area contributed by atoms with Crippen LogP contribution in [-0.2, 0) is 4.79 Å². The summed E-state index contributed by atoms with van der Waals surface area (Å²) >= 11 is 1.84. The quantitative estimate of drug-likeness (QED) is 0.628. The Morgan fingerprint density at radius 1 is 1.17 bits per heavy atom. The Morgan fingerprint density at radius 2 is 1.91 bits per heavy atom. The molecular weight excluding hydrogens is 306 g/mol. The van der Waals surface area contributed by atoms with Crippen molar-refractivity contribution in [3.63, 3.8) is 0 Å². The first kappa shape index (κ1) is 17.4. The summed E-state index contributed by atoms with van der Waals surface area (Å²) in [5, 5.41) is 3.00. The number of rotatable bonds is 6. The van der Waals surface area contributed by atoms with Gasteiger partial charge in [0.2, 0.25) is 0 Å². The monoisotopic (exact) mass is 329 g/mol. The normalized spacial score (nSPS) is 12.2. The fraction of sp³-hybridized carbons (Fsp3) is 0.316. The Morgan fingerprint density at radius 3 is 2.52 bits per heavy atom. The van der Waals surface area contributed by atoms with Gasteiger partial charge in [0.15, 0.2) is 0 Å². The first-order valence-corrected chi connectivity index (χ1v) is 8.67. The van der Waals surface area contributed by atoms with Crippen LogP contribution >= 0.6 is 11.8 Å². The van der Waals surface area contributed by atoms with Crippen molar-refractivity contribution in [3.05, 3.63) is 60.1 Å². The van der Waals surface area contributed by atoms with Gasteiger partial charge in [0.1, 0.15) is 5.76 Å². The zero-order valence-electron chi connectivity index (χ0n) is 13.8. The van der Waals surface area contributed by atoms with Crippen molar-refractivity contribution in [1.29, 1.82) is 0 Å². The summed E-state index contributed by atoms with van der Waals surface area (Å²) in [6.45, 7) is 7.16. The molecule has 1 aromatic carbocycles. The summed E-state index contributed by atoms with van der Waals surface area (Å²) in [7, 11) is 0. The molecule has 0 aliphatic heterocycles. The highest BCUT2D eigenvalue weighted by molar-refractivity contribution is 8.00. The molecule has 1 aromatic heterocycles. The van der Waals surface area contributed by atoms with Crippen molar-refractivity contribution in [2.75, 3.05) is 12.3 Å². The molecule has 0 aliphatic rings. The summed E-state index contributed by atoms with van der Waals surface area (Å²) < 4.78 is 5.55. The van der Waals surface area contributed by atoms with E-state index in [1.54, 1.807) is 12.3 Å². The van der Waals surface area contributed by atoms with Crippen LogP contribution in [0.25, 0.3) is 11.6 Å². The number of furan rings is 1. The third-order valence-electron chi connectivity index (χ3n) is 3.08. The van der Waals surface area contributed by atoms with Gasteiger partial charge >= 0.3 is 0 Å². The van der Waals surface area contributed by atoms with Crippen LogP contribution in [0.1, 0.15) is 32.1 Å². The molecule has 0 spiro atoms. The molecule has 4 heteroatoms. The largest absolute Gasteiger partial charge is 0.465 e. The molecule has 0 atom stereocenters. The molecule has 0 fully saturated rings. The van der Waals surface area contributed by atoms with Gasteiger partial charge in [-0.2, -0.15) is 11.8 Å². The second kappa shape index (κ2) is 8.06. The highest BCUT2D eigenvalue weighted by Crippen LogP contribution is 2.22. The zero-order chi connectivity index (χ0) is 16.7. The first-order chi connectivity index (χ1) is 11.0. The van der Waals surface area contributed by atoms with E-state index in [9.17, 15) is 4.79 Å². The number of hydrogen-bond acceptors (Lipinski definition) is 3. The molecule has 0 saturated heterocycles. The fourth-order valence-corrected chi connectivity index (χ4v) is 2.85. The lowest BCUT2D eigenvalue weighted by molar-refractivity contribution is -0.115. The van der Waals surface area contributed by atoms with Gasteiger partial charge in [-0.05, 0) is 23.8 Å². The van der Waals surface area contributed by atoms with E-state index >= 15 is 0 Å². The van der Waals surface area contributed by atoms with Crippen LogP contribution in [0.5, 0.6) is 0 Å². The van der Waals surface area contributed by atoms with Crippen LogP contribution < -0.4 is 5.32 Å². The summed E-state index contributed by atoms with van der Waals surface area (Å²) in [4.78, 5) is 12.6. The van der Waals surface area contributed by atoms with Crippen LogP contribution in [0, 0.1) is 0 Å². The summed E-state index contributed by atoms with van der Waals surface area (Å²) in [5.41, 5.74) is 1.49. The van der Waals surface area contributed by atoms with Crippen LogP contribution in [-0.4, -0.2) is 23.0 Å². The van der Waals surface area contributed by atoms with Gasteiger partial charge in [0.05, 0.1) is 11.8 Å². The second-order valence-electron chi connectivity index (χ2n) is 6.16. The number of benzene rings is 1. The van der Waals surface area contributed by atoms with Crippen molar-refractivity contribution in [2.24, 2.45) is 0 Å². The van der Waals surface area contributed by atoms with E-state index in [4.69, 9.17) is 4.42 Å². The van der Waals surface area contributed by atoms with E-state index < -0.39 is 0 Å². The van der Waals surface area contributed by atoms with Crippen LogP contribution in [0.4, 0.5) is 0 Å². The molecule has 2 aromatic rings. The molecule has 23 heavy (non-hydrogen) atoms. The molecule has 1 amide bonds. The summed E-state index contributed by atoms with van der Waals surface area (Å²) in [6.07, 6.45) is 3.38. The van der Waals surface area contributed by atoms with Crippen molar-refractivity contribution >= 4 is 29.3 Å². The fourth-order valence-electron chi connectivity index (χ4n) is 2.03. The number of carbonyl (C=O) groups is 1. The molecule has 0 unspecified atom stereocenters. The Kier molecular flexibility index (Phi) is 6.11. The predicted octanol–water partition coefficient (Wildman–Crippen LogP) is 4.47. The molecule has 2 rings (SSSR count). The highest BCUT2D eigenvalue weighted by Gasteiger charge is 2.14. The number of hydrogen-bond donors (Lipinski definition) is 1. The number of nitrogens with one attached hydrogen (secondary N) is 1. The minimum atomic E-state index is -0.0814. The number of thioether (sulfide) groups is 1. The highest BCUT2D eigenvalue weighted by atomic mass is 32.2. The van der Waals surface area contributed by atoms with Gasteiger partial charge in [-0.3, -0.25) is 4.79 Å². The smallest absolute Gasteiger partial charge is 0.252 e. The van der Waals surface area contributed by atoms with E-state index in [2.05, 4.69) is 26.1 Å². The number of carbonyl (C=O) groups excluding carboxylic acids is 1. The predicted molar refractivity (Wildman–Crippen MR) is 98.2 cm³/mol. The van der Waals surface area contributed by atoms with Crippen molar-refractivity contribution in [3.8, 4) is 0 Å². The lowest BCUT2D eigenvalue weighted by Gasteiger charge is -2.17. The molecular formula is C19H23NO2S. The minimum absolute atomic E-state index is 0.0814. The van der Waals surface area contributed by atoms with Crippen molar-refractivity contribution in [2.45, 2.75) is 25.5 Å². The molecule has 3 nitrogen and oxygen atoms in total. The van der Waals surface area contributed by atoms with Gasteiger partial charge in [-0.15, -0.1) is 0 Å². The van der Waals surface area contributed by atoms with E-state index in [-0.39, 0.29) is 10.7 Å². The third-order valence-corrected chi connectivity index (χ3v) is 4.36. The lowest BCUT2D eigenvalue weighted by Crippen LogP contribution is -2.27. The van der Waals surface area contributed by atoms with Gasteiger partial charge in [-0.25, -0.2) is 0 Å². The molecule has 1 heterocycles. The van der Waals surface area contributed by atoms with Crippen LogP contribution in [0.15, 0.2) is 53.1 Å². The third kappa shape index (κ3) is 5.99. The van der Waals surface area contributed by atoms with E-state index in [0.29, 0.717) is 17.9 Å². The maximum atomic E-state index is 12.6. The van der Waals surface area contributed by atoms with Crippen molar-refractivity contribution in [1.82, 2.24) is 5.32 Å². The van der Waals surface area contributed by atoms with Gasteiger partial charge in [-0.1, -0.05) is 51.1 Å². The Bertz CT molecular complexity index is 640. The van der Waals surface area contributed by atoms with Crippen molar-refractivity contribution < 1.29 is 9.21 Å². The van der Waals surface area contributed by atoms with Crippen LogP contribution in [0.2, 0.25) is 0 Å². The summed E-state index contributed by atoms with van der Waals surface area (Å²) in [5.74, 6) is 1.48. The second-order valence-corrected chi connectivity index (χ2v) is 8.08. The van der Waals surface area contributed by atoms with Gasteiger partial charge in [0.25, 0.3) is 5.91 Å². The Balaban J connectivity index is 2.07. The van der Waals surface area contributed by atoms with E-state index in [0.717, 1.165) is 11.3 Å². The molecule has 0 radical (unpaired) electrons.